The molecule has 0 radical (unpaired) electrons. The zero-order chi connectivity index (χ0) is 13.2. The number of rotatable bonds is 7. The second-order valence-electron chi connectivity index (χ2n) is 4.27. The van der Waals surface area contributed by atoms with Gasteiger partial charge in [0, 0.05) is 26.8 Å². The van der Waals surface area contributed by atoms with Gasteiger partial charge in [-0.05, 0) is 25.3 Å². The minimum atomic E-state index is -0.112. The predicted molar refractivity (Wildman–Crippen MR) is 72.8 cm³/mol. The third kappa shape index (κ3) is 6.25. The Labute approximate surface area is 109 Å². The van der Waals surface area contributed by atoms with Crippen LogP contribution in [0.5, 0.6) is 0 Å². The van der Waals surface area contributed by atoms with Crippen molar-refractivity contribution in [2.75, 3.05) is 26.8 Å². The Bertz CT molecular complexity index is 367. The van der Waals surface area contributed by atoms with Crippen LogP contribution < -0.4 is 10.6 Å². The van der Waals surface area contributed by atoms with E-state index in [0.29, 0.717) is 19.7 Å². The molecule has 0 aliphatic rings. The van der Waals surface area contributed by atoms with Crippen molar-refractivity contribution in [3.8, 4) is 0 Å². The maximum atomic E-state index is 11.4. The van der Waals surface area contributed by atoms with Crippen molar-refractivity contribution < 1.29 is 9.53 Å². The van der Waals surface area contributed by atoms with Crippen LogP contribution in [0.15, 0.2) is 24.3 Å². The lowest BCUT2D eigenvalue weighted by molar-refractivity contribution is 0.193. The lowest BCUT2D eigenvalue weighted by Crippen LogP contribution is -2.37. The van der Waals surface area contributed by atoms with Crippen molar-refractivity contribution in [3.63, 3.8) is 0 Å². The predicted octanol–water partition coefficient (Wildman–Crippen LogP) is 1.87. The summed E-state index contributed by atoms with van der Waals surface area (Å²) in [5.74, 6) is 0. The smallest absolute Gasteiger partial charge is 0.314 e. The third-order valence-corrected chi connectivity index (χ3v) is 2.59. The van der Waals surface area contributed by atoms with Gasteiger partial charge in [-0.1, -0.05) is 29.8 Å². The summed E-state index contributed by atoms with van der Waals surface area (Å²) in [7, 11) is 1.65. The topological polar surface area (TPSA) is 50.4 Å². The molecular formula is C14H22N2O2. The van der Waals surface area contributed by atoms with Gasteiger partial charge in [-0.3, -0.25) is 0 Å². The summed E-state index contributed by atoms with van der Waals surface area (Å²) in [6.45, 7) is 4.03. The first-order valence-electron chi connectivity index (χ1n) is 6.28. The monoisotopic (exact) mass is 250 g/mol. The molecule has 1 aromatic carbocycles. The molecule has 0 fully saturated rings. The Balaban J connectivity index is 2.12. The number of methoxy groups -OCH3 is 1. The van der Waals surface area contributed by atoms with E-state index in [-0.39, 0.29) is 6.03 Å². The van der Waals surface area contributed by atoms with Crippen molar-refractivity contribution in [2.24, 2.45) is 0 Å². The molecule has 0 atom stereocenters. The first-order valence-corrected chi connectivity index (χ1v) is 6.28. The molecule has 100 valence electrons. The maximum absolute atomic E-state index is 11.4. The van der Waals surface area contributed by atoms with Crippen LogP contribution in [0.3, 0.4) is 0 Å². The Hall–Kier alpha value is -1.55. The number of aryl methyl sites for hydroxylation is 1. The molecular weight excluding hydrogens is 228 g/mol. The molecule has 0 heterocycles. The molecule has 2 amide bonds. The average molecular weight is 250 g/mol. The van der Waals surface area contributed by atoms with Crippen molar-refractivity contribution in [1.29, 1.82) is 0 Å². The van der Waals surface area contributed by atoms with E-state index in [1.807, 2.05) is 6.07 Å². The van der Waals surface area contributed by atoms with Gasteiger partial charge in [0.05, 0.1) is 0 Å². The highest BCUT2D eigenvalue weighted by Gasteiger charge is 1.99. The number of urea groups is 1. The molecule has 4 heteroatoms. The lowest BCUT2D eigenvalue weighted by Gasteiger charge is -2.07. The van der Waals surface area contributed by atoms with E-state index in [2.05, 4.69) is 35.8 Å². The average Bonchev–Trinajstić information content (AvgIpc) is 2.35. The summed E-state index contributed by atoms with van der Waals surface area (Å²) in [4.78, 5) is 11.4. The van der Waals surface area contributed by atoms with E-state index in [4.69, 9.17) is 4.74 Å². The van der Waals surface area contributed by atoms with Gasteiger partial charge in [0.1, 0.15) is 0 Å². The fraction of sp³-hybridized carbons (Fsp3) is 0.500. The fourth-order valence-corrected chi connectivity index (χ4v) is 1.67. The minimum Gasteiger partial charge on any atom is -0.385 e. The van der Waals surface area contributed by atoms with Crippen LogP contribution in [-0.2, 0) is 11.2 Å². The number of hydrogen-bond donors (Lipinski definition) is 2. The molecule has 0 unspecified atom stereocenters. The SMILES string of the molecule is COCCCNC(=O)NCCc1cccc(C)c1. The number of nitrogens with one attached hydrogen (secondary N) is 2. The zero-order valence-corrected chi connectivity index (χ0v) is 11.2. The summed E-state index contributed by atoms with van der Waals surface area (Å²) >= 11 is 0. The van der Waals surface area contributed by atoms with E-state index in [1.165, 1.54) is 11.1 Å². The van der Waals surface area contributed by atoms with E-state index in [0.717, 1.165) is 12.8 Å². The molecule has 1 rings (SSSR count). The Morgan fingerprint density at radius 2 is 2.06 bits per heavy atom. The lowest BCUT2D eigenvalue weighted by atomic mass is 10.1. The summed E-state index contributed by atoms with van der Waals surface area (Å²) in [6, 6.07) is 8.21. The summed E-state index contributed by atoms with van der Waals surface area (Å²) in [5, 5.41) is 5.62. The highest BCUT2D eigenvalue weighted by atomic mass is 16.5. The number of amides is 2. The molecule has 1 aromatic rings. The normalized spacial score (nSPS) is 10.1. The third-order valence-electron chi connectivity index (χ3n) is 2.59. The zero-order valence-electron chi connectivity index (χ0n) is 11.2. The largest absolute Gasteiger partial charge is 0.385 e. The molecule has 4 nitrogen and oxygen atoms in total. The Morgan fingerprint density at radius 1 is 1.28 bits per heavy atom. The molecule has 0 saturated heterocycles. The van der Waals surface area contributed by atoms with Crippen molar-refractivity contribution >= 4 is 6.03 Å². The molecule has 0 bridgehead atoms. The first kappa shape index (κ1) is 14.5. The maximum Gasteiger partial charge on any atom is 0.314 e. The van der Waals surface area contributed by atoms with Gasteiger partial charge in [0.2, 0.25) is 0 Å². The van der Waals surface area contributed by atoms with Gasteiger partial charge in [0.15, 0.2) is 0 Å². The van der Waals surface area contributed by atoms with Crippen LogP contribution in [0.2, 0.25) is 0 Å². The first-order chi connectivity index (χ1) is 8.72. The summed E-state index contributed by atoms with van der Waals surface area (Å²) in [5.41, 5.74) is 2.49. The fourth-order valence-electron chi connectivity index (χ4n) is 1.67. The Kier molecular flexibility index (Phi) is 6.87. The standard InChI is InChI=1S/C14H22N2O2/c1-12-5-3-6-13(11-12)7-9-16-14(17)15-8-4-10-18-2/h3,5-6,11H,4,7-10H2,1-2H3,(H2,15,16,17). The molecule has 0 saturated carbocycles. The van der Waals surface area contributed by atoms with Crippen LogP contribution in [0.1, 0.15) is 17.5 Å². The van der Waals surface area contributed by atoms with Gasteiger partial charge in [-0.15, -0.1) is 0 Å². The van der Waals surface area contributed by atoms with Gasteiger partial charge in [-0.25, -0.2) is 4.79 Å². The van der Waals surface area contributed by atoms with Crippen molar-refractivity contribution in [3.05, 3.63) is 35.4 Å². The van der Waals surface area contributed by atoms with E-state index >= 15 is 0 Å². The van der Waals surface area contributed by atoms with Crippen LogP contribution in [0.25, 0.3) is 0 Å². The summed E-state index contributed by atoms with van der Waals surface area (Å²) < 4.78 is 4.90. The van der Waals surface area contributed by atoms with Gasteiger partial charge >= 0.3 is 6.03 Å². The summed E-state index contributed by atoms with van der Waals surface area (Å²) in [6.07, 6.45) is 1.69. The number of carbonyl (C=O) groups is 1. The highest BCUT2D eigenvalue weighted by molar-refractivity contribution is 5.73. The van der Waals surface area contributed by atoms with Gasteiger partial charge < -0.3 is 15.4 Å². The van der Waals surface area contributed by atoms with Crippen LogP contribution >= 0.6 is 0 Å². The number of benzene rings is 1. The number of carbonyl (C=O) groups excluding carboxylic acids is 1. The van der Waals surface area contributed by atoms with Crippen LogP contribution in [0, 0.1) is 6.92 Å². The highest BCUT2D eigenvalue weighted by Crippen LogP contribution is 2.03. The van der Waals surface area contributed by atoms with Gasteiger partial charge in [0.25, 0.3) is 0 Å². The molecule has 0 spiro atoms. The number of hydrogen-bond acceptors (Lipinski definition) is 2. The van der Waals surface area contributed by atoms with Crippen LogP contribution in [0.4, 0.5) is 4.79 Å². The Morgan fingerprint density at radius 3 is 2.78 bits per heavy atom. The van der Waals surface area contributed by atoms with Crippen LogP contribution in [-0.4, -0.2) is 32.8 Å². The van der Waals surface area contributed by atoms with Gasteiger partial charge in [-0.2, -0.15) is 0 Å². The van der Waals surface area contributed by atoms with E-state index < -0.39 is 0 Å². The second-order valence-corrected chi connectivity index (χ2v) is 4.27. The molecule has 0 aliphatic carbocycles. The minimum absolute atomic E-state index is 0.112. The van der Waals surface area contributed by atoms with Crippen molar-refractivity contribution in [1.82, 2.24) is 10.6 Å². The molecule has 0 aliphatic heterocycles. The quantitative estimate of drug-likeness (QED) is 0.726. The van der Waals surface area contributed by atoms with Crippen molar-refractivity contribution in [2.45, 2.75) is 19.8 Å². The molecule has 0 aromatic heterocycles. The van der Waals surface area contributed by atoms with E-state index in [1.54, 1.807) is 7.11 Å². The number of ether oxygens (including phenoxy) is 1. The molecule has 2 N–H and O–H groups in total. The van der Waals surface area contributed by atoms with E-state index in [9.17, 15) is 4.79 Å². The second kappa shape index (κ2) is 8.53. The molecule has 18 heavy (non-hydrogen) atoms.